The van der Waals surface area contributed by atoms with Crippen LogP contribution in [0.3, 0.4) is 0 Å². The highest BCUT2D eigenvalue weighted by molar-refractivity contribution is 7.26. The van der Waals surface area contributed by atoms with Gasteiger partial charge in [-0.3, -0.25) is 0 Å². The van der Waals surface area contributed by atoms with Crippen molar-refractivity contribution in [2.24, 2.45) is 0 Å². The van der Waals surface area contributed by atoms with E-state index in [9.17, 15) is 0 Å². The van der Waals surface area contributed by atoms with Gasteiger partial charge >= 0.3 is 0 Å². The predicted molar refractivity (Wildman–Crippen MR) is 155 cm³/mol. The number of rotatable bonds is 2. The third kappa shape index (κ3) is 2.76. The van der Waals surface area contributed by atoms with Crippen LogP contribution >= 0.6 is 11.3 Å². The zero-order valence-electron chi connectivity index (χ0n) is 19.4. The van der Waals surface area contributed by atoms with Gasteiger partial charge in [-0.05, 0) is 68.1 Å². The summed E-state index contributed by atoms with van der Waals surface area (Å²) in [6.07, 6.45) is 1.79. The molecule has 0 saturated carbocycles. The highest BCUT2D eigenvalue weighted by Gasteiger charge is 2.18. The van der Waals surface area contributed by atoms with Crippen molar-refractivity contribution < 1.29 is 4.42 Å². The third-order valence-electron chi connectivity index (χ3n) is 7.34. The van der Waals surface area contributed by atoms with Crippen LogP contribution < -0.4 is 0 Å². The Labute approximate surface area is 211 Å². The second kappa shape index (κ2) is 7.55. The number of hydrogen-bond acceptors (Lipinski definition) is 2. The zero-order chi connectivity index (χ0) is 23.6. The topological polar surface area (TPSA) is 13.1 Å². The summed E-state index contributed by atoms with van der Waals surface area (Å²) in [6.45, 7) is 0. The molecule has 0 amide bonds. The van der Waals surface area contributed by atoms with E-state index >= 15 is 0 Å². The molecule has 2 heteroatoms. The van der Waals surface area contributed by atoms with Crippen LogP contribution in [0.1, 0.15) is 0 Å². The van der Waals surface area contributed by atoms with Gasteiger partial charge in [-0.2, -0.15) is 0 Å². The van der Waals surface area contributed by atoms with Gasteiger partial charge in [-0.15, -0.1) is 11.3 Å². The predicted octanol–water partition coefficient (Wildman–Crippen LogP) is 10.4. The van der Waals surface area contributed by atoms with E-state index in [0.717, 1.165) is 11.0 Å². The maximum absolute atomic E-state index is 5.89. The minimum atomic E-state index is 0.981. The molecule has 0 bridgehead atoms. The maximum Gasteiger partial charge on any atom is 0.143 e. The molecular formula is C34H20OS. The van der Waals surface area contributed by atoms with Gasteiger partial charge in [0.15, 0.2) is 0 Å². The number of hydrogen-bond donors (Lipinski definition) is 0. The second-order valence-corrected chi connectivity index (χ2v) is 10.4. The van der Waals surface area contributed by atoms with Gasteiger partial charge in [-0.25, -0.2) is 0 Å². The lowest BCUT2D eigenvalue weighted by molar-refractivity contribution is 0.619. The molecule has 36 heavy (non-hydrogen) atoms. The van der Waals surface area contributed by atoms with E-state index in [1.807, 2.05) is 17.4 Å². The Morgan fingerprint density at radius 1 is 0.472 bits per heavy atom. The molecule has 0 N–H and O–H groups in total. The number of benzene rings is 6. The second-order valence-electron chi connectivity index (χ2n) is 9.30. The monoisotopic (exact) mass is 476 g/mol. The summed E-state index contributed by atoms with van der Waals surface area (Å²) in [5.41, 5.74) is 6.07. The highest BCUT2D eigenvalue weighted by Crippen LogP contribution is 2.46. The average Bonchev–Trinajstić information content (AvgIpc) is 3.56. The molecule has 0 atom stereocenters. The summed E-state index contributed by atoms with van der Waals surface area (Å²) in [6, 6.07) is 41.8. The number of fused-ring (bicyclic) bond motifs is 7. The van der Waals surface area contributed by atoms with Crippen molar-refractivity contribution in [3.8, 4) is 22.3 Å². The Bertz CT molecular complexity index is 2040. The molecule has 0 aliphatic heterocycles. The van der Waals surface area contributed by atoms with E-state index in [2.05, 4.69) is 109 Å². The van der Waals surface area contributed by atoms with E-state index in [1.165, 1.54) is 64.0 Å². The fraction of sp³-hybridized carbons (Fsp3) is 0. The Hall–Kier alpha value is -4.40. The molecule has 6 aromatic carbocycles. The minimum absolute atomic E-state index is 0.981. The molecule has 0 aliphatic rings. The smallest absolute Gasteiger partial charge is 0.143 e. The molecule has 0 spiro atoms. The fourth-order valence-corrected chi connectivity index (χ4v) is 6.94. The summed E-state index contributed by atoms with van der Waals surface area (Å²) in [5.74, 6) is 0. The van der Waals surface area contributed by atoms with E-state index < -0.39 is 0 Å². The van der Waals surface area contributed by atoms with Crippen LogP contribution in [-0.4, -0.2) is 0 Å². The van der Waals surface area contributed by atoms with Crippen LogP contribution in [-0.2, 0) is 0 Å². The standard InChI is InChI=1S/C34H20OS/c1-2-8-21(9-3-1)31-24-10-4-6-12-26(24)32(27-13-7-5-11-25(27)31)23-14-16-28-30(20-23)36-29-17-15-22-18-19-35-34(22)33(28)29/h1-20H. The van der Waals surface area contributed by atoms with E-state index in [-0.39, 0.29) is 0 Å². The molecule has 8 aromatic rings. The molecule has 0 unspecified atom stereocenters. The first-order valence-corrected chi connectivity index (χ1v) is 13.0. The maximum atomic E-state index is 5.89. The van der Waals surface area contributed by atoms with Crippen LogP contribution in [0.5, 0.6) is 0 Å². The van der Waals surface area contributed by atoms with E-state index in [1.54, 1.807) is 6.26 Å². The normalized spacial score (nSPS) is 11.9. The minimum Gasteiger partial charge on any atom is -0.464 e. The van der Waals surface area contributed by atoms with Gasteiger partial charge in [0.25, 0.3) is 0 Å². The average molecular weight is 477 g/mol. The first kappa shape index (κ1) is 19.9. The molecule has 0 aliphatic carbocycles. The third-order valence-corrected chi connectivity index (χ3v) is 8.45. The van der Waals surface area contributed by atoms with Crippen molar-refractivity contribution >= 4 is 64.0 Å². The quantitative estimate of drug-likeness (QED) is 0.226. The molecule has 168 valence electrons. The fourth-order valence-electron chi connectivity index (χ4n) is 5.80. The number of furan rings is 1. The lowest BCUT2D eigenvalue weighted by Gasteiger charge is -2.17. The van der Waals surface area contributed by atoms with Crippen LogP contribution in [0.4, 0.5) is 0 Å². The molecule has 0 fully saturated rings. The molecule has 2 heterocycles. The van der Waals surface area contributed by atoms with Crippen LogP contribution in [0.2, 0.25) is 0 Å². The first-order valence-electron chi connectivity index (χ1n) is 12.2. The highest BCUT2D eigenvalue weighted by atomic mass is 32.1. The number of thiophene rings is 1. The Kier molecular flexibility index (Phi) is 4.16. The molecule has 1 nitrogen and oxygen atoms in total. The summed E-state index contributed by atoms with van der Waals surface area (Å²) in [7, 11) is 0. The summed E-state index contributed by atoms with van der Waals surface area (Å²) >= 11 is 1.84. The molecule has 2 aromatic heterocycles. The zero-order valence-corrected chi connectivity index (χ0v) is 20.2. The van der Waals surface area contributed by atoms with Crippen molar-refractivity contribution in [2.75, 3.05) is 0 Å². The van der Waals surface area contributed by atoms with Crippen molar-refractivity contribution in [2.45, 2.75) is 0 Å². The van der Waals surface area contributed by atoms with E-state index in [4.69, 9.17) is 4.42 Å². The first-order chi connectivity index (χ1) is 17.9. The van der Waals surface area contributed by atoms with Gasteiger partial charge in [0.2, 0.25) is 0 Å². The molecular weight excluding hydrogens is 456 g/mol. The summed E-state index contributed by atoms with van der Waals surface area (Å²) in [5, 5.41) is 8.76. The SMILES string of the molecule is c1ccc(-c2c3ccccc3c(-c3ccc4c(c3)sc3ccc5ccoc5c34)c3ccccc23)cc1. The molecule has 0 radical (unpaired) electrons. The Morgan fingerprint density at radius 3 is 1.81 bits per heavy atom. The lowest BCUT2D eigenvalue weighted by Crippen LogP contribution is -1.90. The van der Waals surface area contributed by atoms with Gasteiger partial charge in [0, 0.05) is 25.6 Å². The lowest BCUT2D eigenvalue weighted by atomic mass is 9.86. The van der Waals surface area contributed by atoms with Gasteiger partial charge in [0.1, 0.15) is 5.58 Å². The van der Waals surface area contributed by atoms with E-state index in [0.29, 0.717) is 0 Å². The van der Waals surface area contributed by atoms with Crippen LogP contribution in [0.15, 0.2) is 126 Å². The summed E-state index contributed by atoms with van der Waals surface area (Å²) < 4.78 is 8.44. The Balaban J connectivity index is 1.48. The van der Waals surface area contributed by atoms with Crippen molar-refractivity contribution in [3.63, 3.8) is 0 Å². The van der Waals surface area contributed by atoms with Gasteiger partial charge < -0.3 is 4.42 Å². The van der Waals surface area contributed by atoms with Crippen molar-refractivity contribution in [3.05, 3.63) is 122 Å². The van der Waals surface area contributed by atoms with Crippen LogP contribution in [0.25, 0.3) is 74.9 Å². The van der Waals surface area contributed by atoms with Crippen molar-refractivity contribution in [1.29, 1.82) is 0 Å². The van der Waals surface area contributed by atoms with Crippen LogP contribution in [0, 0.1) is 0 Å². The molecule has 8 rings (SSSR count). The van der Waals surface area contributed by atoms with Gasteiger partial charge in [0.05, 0.1) is 6.26 Å². The largest absolute Gasteiger partial charge is 0.464 e. The molecule has 0 saturated heterocycles. The summed E-state index contributed by atoms with van der Waals surface area (Å²) in [4.78, 5) is 0. The van der Waals surface area contributed by atoms with Gasteiger partial charge in [-0.1, -0.05) is 91.0 Å². The van der Waals surface area contributed by atoms with Crippen molar-refractivity contribution in [1.82, 2.24) is 0 Å². The Morgan fingerprint density at radius 2 is 1.11 bits per heavy atom.